The molecule has 9 aromatic carbocycles. The molecule has 0 atom stereocenters. The molecule has 0 aliphatic heterocycles. The maximum absolute atomic E-state index is 14.6. The summed E-state index contributed by atoms with van der Waals surface area (Å²) >= 11 is 0. The Labute approximate surface area is 375 Å². The number of hydrogen-bond donors (Lipinski definition) is 0. The van der Waals surface area contributed by atoms with Gasteiger partial charge in [-0.15, -0.1) is 0 Å². The normalized spacial score (nSPS) is 12.7. The van der Waals surface area contributed by atoms with Crippen molar-refractivity contribution >= 4 is 49.9 Å². The van der Waals surface area contributed by atoms with Crippen molar-refractivity contribution < 1.29 is 4.42 Å². The van der Waals surface area contributed by atoms with Crippen LogP contribution in [-0.2, 0) is 5.41 Å². The standard InChI is InChI=1S/C59H41N3O3/c1-59(2)50-21-9-6-17-48(50)55-51(59)22-13-24-53(55)60(41-14-4-3-5-15-41)42-32-26-38(27-33-42)39-28-34-44(35-29-39)62-57(63)49-18-7-10-23-52(49)61(58(62)64)43-36-30-40(31-37-43)45-19-12-20-47-46-16-8-11-25-54(46)65-56(45)47/h3-37H,1-2H3. The molecule has 1 aliphatic carbocycles. The van der Waals surface area contributed by atoms with Crippen LogP contribution in [0.3, 0.4) is 0 Å². The summed E-state index contributed by atoms with van der Waals surface area (Å²) in [7, 11) is 0. The second kappa shape index (κ2) is 14.8. The van der Waals surface area contributed by atoms with E-state index in [2.05, 4.69) is 122 Å². The highest BCUT2D eigenvalue weighted by Crippen LogP contribution is 2.54. The Hall–Kier alpha value is -8.48. The van der Waals surface area contributed by atoms with Crippen molar-refractivity contribution in [1.29, 1.82) is 0 Å². The van der Waals surface area contributed by atoms with Gasteiger partial charge in [0.25, 0.3) is 5.56 Å². The third-order valence-electron chi connectivity index (χ3n) is 13.2. The lowest BCUT2D eigenvalue weighted by Crippen LogP contribution is -2.38. The molecule has 2 aromatic heterocycles. The first-order valence-electron chi connectivity index (χ1n) is 21.9. The molecule has 0 fully saturated rings. The van der Waals surface area contributed by atoms with Crippen LogP contribution in [0.25, 0.3) is 77.6 Å². The summed E-state index contributed by atoms with van der Waals surface area (Å²) < 4.78 is 9.22. The number of aromatic nitrogens is 2. The van der Waals surface area contributed by atoms with Crippen molar-refractivity contribution in [3.63, 3.8) is 0 Å². The number of fused-ring (bicyclic) bond motifs is 7. The monoisotopic (exact) mass is 839 g/mol. The molecular formula is C59H41N3O3. The highest BCUT2D eigenvalue weighted by atomic mass is 16.3. The summed E-state index contributed by atoms with van der Waals surface area (Å²) in [6, 6.07) is 71.5. The number of furan rings is 1. The Morgan fingerprint density at radius 1 is 0.446 bits per heavy atom. The second-order valence-electron chi connectivity index (χ2n) is 17.2. The predicted molar refractivity (Wildman–Crippen MR) is 266 cm³/mol. The van der Waals surface area contributed by atoms with Crippen LogP contribution in [0, 0.1) is 0 Å². The first kappa shape index (κ1) is 38.2. The fourth-order valence-electron chi connectivity index (χ4n) is 10.0. The summed E-state index contributed by atoms with van der Waals surface area (Å²) in [6.45, 7) is 4.62. The first-order valence-corrected chi connectivity index (χ1v) is 21.9. The number of nitrogens with zero attached hydrogens (tertiary/aromatic N) is 3. The highest BCUT2D eigenvalue weighted by molar-refractivity contribution is 6.09. The van der Waals surface area contributed by atoms with Gasteiger partial charge in [-0.25, -0.2) is 9.36 Å². The van der Waals surface area contributed by atoms with E-state index in [1.165, 1.54) is 26.8 Å². The molecule has 0 radical (unpaired) electrons. The van der Waals surface area contributed by atoms with E-state index < -0.39 is 5.69 Å². The summed E-state index contributed by atoms with van der Waals surface area (Å²) in [5.41, 5.74) is 14.7. The average molecular weight is 840 g/mol. The van der Waals surface area contributed by atoms with Crippen LogP contribution < -0.4 is 16.1 Å². The summed E-state index contributed by atoms with van der Waals surface area (Å²) in [4.78, 5) is 31.1. The maximum Gasteiger partial charge on any atom is 0.340 e. The molecule has 6 nitrogen and oxygen atoms in total. The molecule has 310 valence electrons. The van der Waals surface area contributed by atoms with E-state index in [0.717, 1.165) is 61.3 Å². The molecule has 0 N–H and O–H groups in total. The smallest absolute Gasteiger partial charge is 0.340 e. The molecule has 6 heteroatoms. The molecule has 11 aromatic rings. The van der Waals surface area contributed by atoms with Gasteiger partial charge in [0.1, 0.15) is 11.2 Å². The van der Waals surface area contributed by atoms with Gasteiger partial charge in [0, 0.05) is 38.7 Å². The van der Waals surface area contributed by atoms with E-state index in [-0.39, 0.29) is 11.0 Å². The van der Waals surface area contributed by atoms with Gasteiger partial charge < -0.3 is 9.32 Å². The molecule has 1 aliphatic rings. The minimum absolute atomic E-state index is 0.121. The van der Waals surface area contributed by atoms with Crippen LogP contribution in [-0.4, -0.2) is 9.13 Å². The van der Waals surface area contributed by atoms with E-state index in [0.29, 0.717) is 22.3 Å². The molecule has 12 rings (SSSR count). The van der Waals surface area contributed by atoms with Crippen molar-refractivity contribution in [2.75, 3.05) is 4.90 Å². The predicted octanol–water partition coefficient (Wildman–Crippen LogP) is 14.2. The van der Waals surface area contributed by atoms with Crippen molar-refractivity contribution in [2.24, 2.45) is 0 Å². The van der Waals surface area contributed by atoms with Gasteiger partial charge >= 0.3 is 5.69 Å². The van der Waals surface area contributed by atoms with Gasteiger partial charge in [0.2, 0.25) is 0 Å². The van der Waals surface area contributed by atoms with Crippen molar-refractivity contribution in [2.45, 2.75) is 19.3 Å². The molecule has 0 saturated carbocycles. The Morgan fingerprint density at radius 2 is 1.00 bits per heavy atom. The van der Waals surface area contributed by atoms with Gasteiger partial charge in [-0.05, 0) is 106 Å². The van der Waals surface area contributed by atoms with Gasteiger partial charge in [-0.1, -0.05) is 153 Å². The highest BCUT2D eigenvalue weighted by Gasteiger charge is 2.37. The molecule has 2 heterocycles. The van der Waals surface area contributed by atoms with Crippen LogP contribution >= 0.6 is 0 Å². The van der Waals surface area contributed by atoms with Gasteiger partial charge in [-0.2, -0.15) is 0 Å². The lowest BCUT2D eigenvalue weighted by Gasteiger charge is -2.29. The minimum atomic E-state index is -0.447. The summed E-state index contributed by atoms with van der Waals surface area (Å²) in [5, 5.41) is 2.57. The Morgan fingerprint density at radius 3 is 1.77 bits per heavy atom. The zero-order chi connectivity index (χ0) is 43.8. The number of para-hydroxylation sites is 4. The van der Waals surface area contributed by atoms with E-state index >= 15 is 0 Å². The fraction of sp³-hybridized carbons (Fsp3) is 0.0508. The van der Waals surface area contributed by atoms with Crippen molar-refractivity contribution in [1.82, 2.24) is 9.13 Å². The van der Waals surface area contributed by atoms with Crippen LogP contribution in [0.1, 0.15) is 25.0 Å². The number of benzene rings is 9. The first-order chi connectivity index (χ1) is 31.8. The zero-order valence-electron chi connectivity index (χ0n) is 35.8. The molecule has 65 heavy (non-hydrogen) atoms. The largest absolute Gasteiger partial charge is 0.455 e. The quantitative estimate of drug-likeness (QED) is 0.160. The van der Waals surface area contributed by atoms with E-state index in [1.807, 2.05) is 103 Å². The molecule has 0 saturated heterocycles. The fourth-order valence-corrected chi connectivity index (χ4v) is 10.0. The lowest BCUT2D eigenvalue weighted by atomic mass is 9.82. The minimum Gasteiger partial charge on any atom is -0.455 e. The van der Waals surface area contributed by atoms with Gasteiger partial charge in [-0.3, -0.25) is 9.36 Å². The third-order valence-corrected chi connectivity index (χ3v) is 13.2. The Balaban J connectivity index is 0.896. The molecule has 0 bridgehead atoms. The van der Waals surface area contributed by atoms with Crippen LogP contribution in [0.2, 0.25) is 0 Å². The Kier molecular flexibility index (Phi) is 8.71. The van der Waals surface area contributed by atoms with E-state index in [9.17, 15) is 9.59 Å². The molecule has 0 amide bonds. The van der Waals surface area contributed by atoms with Gasteiger partial charge in [0.15, 0.2) is 0 Å². The lowest BCUT2D eigenvalue weighted by molar-refractivity contribution is 0.660. The summed E-state index contributed by atoms with van der Waals surface area (Å²) in [5.74, 6) is 0. The van der Waals surface area contributed by atoms with Crippen molar-refractivity contribution in [3.05, 3.63) is 244 Å². The third kappa shape index (κ3) is 6.02. The van der Waals surface area contributed by atoms with Crippen molar-refractivity contribution in [3.8, 4) is 44.8 Å². The Bertz CT molecular complexity index is 3770. The maximum atomic E-state index is 14.6. The zero-order valence-corrected chi connectivity index (χ0v) is 35.8. The molecular weight excluding hydrogens is 799 g/mol. The number of anilines is 3. The second-order valence-corrected chi connectivity index (χ2v) is 17.2. The van der Waals surface area contributed by atoms with Gasteiger partial charge in [0.05, 0.1) is 28.0 Å². The van der Waals surface area contributed by atoms with E-state index in [1.54, 1.807) is 10.6 Å². The average Bonchev–Trinajstić information content (AvgIpc) is 3.85. The molecule has 0 spiro atoms. The van der Waals surface area contributed by atoms with E-state index in [4.69, 9.17) is 4.42 Å². The number of hydrogen-bond acceptors (Lipinski definition) is 4. The topological polar surface area (TPSA) is 60.4 Å². The SMILES string of the molecule is CC1(C)c2ccccc2-c2c(N(c3ccccc3)c3ccc(-c4ccc(-n5c(=O)c6ccccc6n(-c6ccc(-c7cccc8c7oc7ccccc78)cc6)c5=O)cc4)cc3)cccc21. The summed E-state index contributed by atoms with van der Waals surface area (Å²) in [6.07, 6.45) is 0. The molecule has 0 unspecified atom stereocenters. The van der Waals surface area contributed by atoms with Crippen LogP contribution in [0.15, 0.2) is 226 Å². The van der Waals surface area contributed by atoms with Crippen LogP contribution in [0.4, 0.5) is 17.1 Å². The number of rotatable bonds is 7. The van der Waals surface area contributed by atoms with Crippen LogP contribution in [0.5, 0.6) is 0 Å².